The molecule has 1 unspecified atom stereocenters. The lowest BCUT2D eigenvalue weighted by Crippen LogP contribution is -2.46. The summed E-state index contributed by atoms with van der Waals surface area (Å²) in [4.78, 5) is 39.3. The highest BCUT2D eigenvalue weighted by atomic mass is 32.2. The molecule has 0 spiro atoms. The molecule has 0 aliphatic carbocycles. The number of hydroxylamine groups is 1. The fraction of sp³-hybridized carbons (Fsp3) is 0.375. The molecular formula is C24H28N2O6S. The Morgan fingerprint density at radius 1 is 1.15 bits per heavy atom. The normalized spacial score (nSPS) is 15.1. The third-order valence-electron chi connectivity index (χ3n) is 5.34. The number of nitrogens with zero attached hydrogens (tertiary/aromatic N) is 1. The Hall–Kier alpha value is -3.04. The Balaban J connectivity index is 1.69. The molecule has 0 radical (unpaired) electrons. The molecule has 33 heavy (non-hydrogen) atoms. The summed E-state index contributed by atoms with van der Waals surface area (Å²) in [7, 11) is 1.64. The van der Waals surface area contributed by atoms with Crippen molar-refractivity contribution in [2.24, 2.45) is 0 Å². The van der Waals surface area contributed by atoms with E-state index in [1.165, 1.54) is 22.2 Å². The van der Waals surface area contributed by atoms with E-state index in [1.54, 1.807) is 37.7 Å². The molecule has 9 heteroatoms. The predicted molar refractivity (Wildman–Crippen MR) is 125 cm³/mol. The summed E-state index contributed by atoms with van der Waals surface area (Å²) in [6, 6.07) is 12.9. The van der Waals surface area contributed by atoms with Crippen molar-refractivity contribution in [2.75, 3.05) is 25.2 Å². The summed E-state index contributed by atoms with van der Waals surface area (Å²) in [5.74, 6) is -0.604. The Morgan fingerprint density at radius 2 is 1.91 bits per heavy atom. The van der Waals surface area contributed by atoms with Crippen molar-refractivity contribution in [2.45, 2.75) is 42.8 Å². The van der Waals surface area contributed by atoms with Gasteiger partial charge in [0.05, 0.1) is 30.2 Å². The first-order chi connectivity index (χ1) is 16.0. The second-order valence-corrected chi connectivity index (χ2v) is 8.81. The number of fused-ring (bicyclic) bond motifs is 1. The number of hydrogen-bond donors (Lipinski definition) is 2. The van der Waals surface area contributed by atoms with Crippen LogP contribution in [0.15, 0.2) is 47.4 Å². The quantitative estimate of drug-likeness (QED) is 0.236. The smallest absolute Gasteiger partial charge is 0.338 e. The zero-order valence-corrected chi connectivity index (χ0v) is 19.5. The number of carbonyl (C=O) groups is 3. The molecule has 2 N–H and O–H groups in total. The fourth-order valence-corrected chi connectivity index (χ4v) is 4.90. The minimum Gasteiger partial charge on any atom is -0.497 e. The van der Waals surface area contributed by atoms with Crippen LogP contribution in [0.2, 0.25) is 0 Å². The van der Waals surface area contributed by atoms with Crippen molar-refractivity contribution in [3.63, 3.8) is 0 Å². The van der Waals surface area contributed by atoms with Gasteiger partial charge in [0.1, 0.15) is 12.3 Å². The second-order valence-electron chi connectivity index (χ2n) is 7.56. The number of methoxy groups -OCH3 is 1. The van der Waals surface area contributed by atoms with Crippen LogP contribution in [0.3, 0.4) is 0 Å². The summed E-state index contributed by atoms with van der Waals surface area (Å²) in [5, 5.41) is 8.61. The van der Waals surface area contributed by atoms with Gasteiger partial charge in [0.2, 0.25) is 5.91 Å². The summed E-state index contributed by atoms with van der Waals surface area (Å²) >= 11 is 1.43. The van der Waals surface area contributed by atoms with Crippen LogP contribution in [0.1, 0.15) is 42.1 Å². The van der Waals surface area contributed by atoms with Gasteiger partial charge in [-0.2, -0.15) is 0 Å². The zero-order chi connectivity index (χ0) is 23.8. The van der Waals surface area contributed by atoms with Gasteiger partial charge in [0, 0.05) is 4.90 Å². The minimum atomic E-state index is -0.707. The van der Waals surface area contributed by atoms with E-state index in [1.807, 2.05) is 24.3 Å². The van der Waals surface area contributed by atoms with Gasteiger partial charge >= 0.3 is 5.97 Å². The largest absolute Gasteiger partial charge is 0.497 e. The minimum absolute atomic E-state index is 0.221. The van der Waals surface area contributed by atoms with Gasteiger partial charge < -0.3 is 14.4 Å². The van der Waals surface area contributed by atoms with Crippen molar-refractivity contribution in [1.29, 1.82) is 0 Å². The second kappa shape index (κ2) is 11.7. The molecule has 3 rings (SSSR count). The van der Waals surface area contributed by atoms with E-state index in [0.29, 0.717) is 17.7 Å². The van der Waals surface area contributed by atoms with Gasteiger partial charge in [0.25, 0.3) is 5.91 Å². The van der Waals surface area contributed by atoms with E-state index < -0.39 is 11.9 Å². The van der Waals surface area contributed by atoms with Crippen molar-refractivity contribution < 1.29 is 29.1 Å². The summed E-state index contributed by atoms with van der Waals surface area (Å²) in [6.07, 6.45) is 3.30. The molecule has 0 fully saturated rings. The number of hydrogen-bond acceptors (Lipinski definition) is 7. The summed E-state index contributed by atoms with van der Waals surface area (Å²) < 4.78 is 10.2. The molecular weight excluding hydrogens is 444 g/mol. The van der Waals surface area contributed by atoms with Gasteiger partial charge in [-0.25, -0.2) is 10.3 Å². The van der Waals surface area contributed by atoms with Crippen LogP contribution in [-0.4, -0.2) is 48.5 Å². The van der Waals surface area contributed by atoms with Crippen LogP contribution < -0.4 is 15.1 Å². The average molecular weight is 473 g/mol. The molecule has 1 aliphatic rings. The van der Waals surface area contributed by atoms with Crippen LogP contribution in [0, 0.1) is 0 Å². The predicted octanol–water partition coefficient (Wildman–Crippen LogP) is 3.60. The number of esters is 1. The number of benzene rings is 2. The average Bonchev–Trinajstić information content (AvgIpc) is 2.84. The van der Waals surface area contributed by atoms with Crippen molar-refractivity contribution in [1.82, 2.24) is 5.48 Å². The Morgan fingerprint density at radius 3 is 2.58 bits per heavy atom. The first-order valence-corrected chi connectivity index (χ1v) is 11.7. The first-order valence-electron chi connectivity index (χ1n) is 10.8. The molecule has 2 aromatic carbocycles. The molecule has 176 valence electrons. The molecule has 0 saturated carbocycles. The van der Waals surface area contributed by atoms with E-state index in [2.05, 4.69) is 0 Å². The topological polar surface area (TPSA) is 105 Å². The van der Waals surface area contributed by atoms with Crippen LogP contribution in [0.5, 0.6) is 5.75 Å². The highest BCUT2D eigenvalue weighted by Gasteiger charge is 2.34. The standard InChI is InChI=1S/C24H28N2O6S/c1-3-32-24(29)17-10-13-20-19(14-17)26(15-22(27)25-30)23(28)21(33-20)7-5-4-6-16-8-11-18(31-2)12-9-16/h8-14,21,30H,3-7,15H2,1-2H3,(H,25,27). The fourth-order valence-electron chi connectivity index (χ4n) is 3.64. The maximum absolute atomic E-state index is 13.2. The SMILES string of the molecule is CCOC(=O)c1ccc2c(c1)N(CC(=O)NO)C(=O)C(CCCCc1ccc(OC)cc1)S2. The molecule has 2 amide bonds. The Labute approximate surface area is 197 Å². The zero-order valence-electron chi connectivity index (χ0n) is 18.7. The van der Waals surface area contributed by atoms with Crippen LogP contribution in [-0.2, 0) is 20.7 Å². The van der Waals surface area contributed by atoms with E-state index in [9.17, 15) is 14.4 Å². The molecule has 0 saturated heterocycles. The van der Waals surface area contributed by atoms with E-state index in [4.69, 9.17) is 14.7 Å². The number of nitrogens with one attached hydrogen (secondary N) is 1. The molecule has 0 aromatic heterocycles. The maximum Gasteiger partial charge on any atom is 0.338 e. The number of rotatable bonds is 10. The van der Waals surface area contributed by atoms with E-state index in [0.717, 1.165) is 29.9 Å². The number of ether oxygens (including phenoxy) is 2. The molecule has 8 nitrogen and oxygen atoms in total. The van der Waals surface area contributed by atoms with E-state index in [-0.39, 0.29) is 24.3 Å². The molecule has 1 aliphatic heterocycles. The summed E-state index contributed by atoms with van der Waals surface area (Å²) in [6.45, 7) is 1.61. The number of amides is 2. The first kappa shape index (κ1) is 24.6. The lowest BCUT2D eigenvalue weighted by atomic mass is 10.0. The van der Waals surface area contributed by atoms with Crippen molar-refractivity contribution in [3.8, 4) is 5.75 Å². The van der Waals surface area contributed by atoms with Gasteiger partial charge in [0.15, 0.2) is 0 Å². The van der Waals surface area contributed by atoms with Gasteiger partial charge in [-0.1, -0.05) is 18.6 Å². The molecule has 1 heterocycles. The molecule has 2 aromatic rings. The maximum atomic E-state index is 13.2. The summed E-state index contributed by atoms with van der Waals surface area (Å²) in [5.41, 5.74) is 3.55. The molecule has 0 bridgehead atoms. The highest BCUT2D eigenvalue weighted by Crippen LogP contribution is 2.41. The Kier molecular flexibility index (Phi) is 8.73. The van der Waals surface area contributed by atoms with Gasteiger partial charge in [-0.3, -0.25) is 14.8 Å². The van der Waals surface area contributed by atoms with Crippen LogP contribution in [0.4, 0.5) is 5.69 Å². The highest BCUT2D eigenvalue weighted by molar-refractivity contribution is 8.01. The number of anilines is 1. The van der Waals surface area contributed by atoms with Crippen molar-refractivity contribution >= 4 is 35.2 Å². The number of thioether (sulfide) groups is 1. The van der Waals surface area contributed by atoms with Crippen LogP contribution in [0.25, 0.3) is 0 Å². The van der Waals surface area contributed by atoms with E-state index >= 15 is 0 Å². The number of carbonyl (C=O) groups excluding carboxylic acids is 3. The lowest BCUT2D eigenvalue weighted by Gasteiger charge is -2.33. The van der Waals surface area contributed by atoms with Crippen molar-refractivity contribution in [3.05, 3.63) is 53.6 Å². The monoisotopic (exact) mass is 472 g/mol. The van der Waals surface area contributed by atoms with Gasteiger partial charge in [-0.05, 0) is 62.1 Å². The third kappa shape index (κ3) is 6.27. The number of unbranched alkanes of at least 4 members (excludes halogenated alkanes) is 1. The lowest BCUT2D eigenvalue weighted by molar-refractivity contribution is -0.129. The Bertz CT molecular complexity index is 995. The molecule has 1 atom stereocenters. The third-order valence-corrected chi connectivity index (χ3v) is 6.66. The van der Waals surface area contributed by atoms with Gasteiger partial charge in [-0.15, -0.1) is 11.8 Å². The number of aryl methyl sites for hydroxylation is 1. The van der Waals surface area contributed by atoms with Crippen LogP contribution >= 0.6 is 11.8 Å².